The average Bonchev–Trinajstić information content (AvgIpc) is 3.50. The summed E-state index contributed by atoms with van der Waals surface area (Å²) in [6.45, 7) is 2.42. The number of nitrogens with one attached hydrogen (secondary N) is 1. The van der Waals surface area contributed by atoms with E-state index in [1.165, 1.54) is 0 Å². The quantitative estimate of drug-likeness (QED) is 0.501. The molecule has 2 saturated heterocycles. The molecular weight excluding hydrogens is 423 g/mol. The van der Waals surface area contributed by atoms with Crippen molar-refractivity contribution in [2.24, 2.45) is 0 Å². The highest BCUT2D eigenvalue weighted by Crippen LogP contribution is 2.30. The Kier molecular flexibility index (Phi) is 5.32. The van der Waals surface area contributed by atoms with Crippen molar-refractivity contribution in [3.05, 3.63) is 54.9 Å². The van der Waals surface area contributed by atoms with Crippen LogP contribution >= 0.6 is 0 Å². The number of rotatable bonds is 5. The summed E-state index contributed by atoms with van der Waals surface area (Å²) in [6.07, 6.45) is 3.86. The van der Waals surface area contributed by atoms with Gasteiger partial charge in [-0.05, 0) is 31.2 Å². The van der Waals surface area contributed by atoms with E-state index >= 15 is 0 Å². The third-order valence-corrected chi connectivity index (χ3v) is 6.25. The Morgan fingerprint density at radius 3 is 2.97 bits per heavy atom. The van der Waals surface area contributed by atoms with Crippen LogP contribution in [0.1, 0.15) is 12.8 Å². The number of para-hydroxylation sites is 1. The van der Waals surface area contributed by atoms with Gasteiger partial charge in [0.2, 0.25) is 0 Å². The highest BCUT2D eigenvalue weighted by molar-refractivity contribution is 5.86. The Morgan fingerprint density at radius 2 is 2.09 bits per heavy atom. The predicted octanol–water partition coefficient (Wildman–Crippen LogP) is 3.80. The molecule has 0 unspecified atom stereocenters. The van der Waals surface area contributed by atoms with Gasteiger partial charge in [-0.25, -0.2) is 14.4 Å². The molecule has 0 amide bonds. The van der Waals surface area contributed by atoms with Crippen LogP contribution in [0.15, 0.2) is 54.9 Å². The standard InChI is InChI=1S/C25H25FN4O3/c26-19-13-27-9-6-22(19)33-23-3-1-2-16-4-5-20(29-25(16)23)21-14-28-24-12-17(7-10-30(21)24)32-18-8-11-31-15-18/h1-5,7,10,12,14,18-19,22,27H,6,8-9,11,13,15H2/t18-,19-,22-/m1/s1. The van der Waals surface area contributed by atoms with Crippen LogP contribution in [0.4, 0.5) is 4.39 Å². The second kappa shape index (κ2) is 8.61. The zero-order valence-electron chi connectivity index (χ0n) is 18.1. The lowest BCUT2D eigenvalue weighted by Gasteiger charge is -2.27. The number of benzene rings is 1. The molecular formula is C25H25FN4O3. The average molecular weight is 448 g/mol. The van der Waals surface area contributed by atoms with Gasteiger partial charge in [-0.2, -0.15) is 0 Å². The lowest BCUT2D eigenvalue weighted by molar-refractivity contribution is 0.0743. The molecule has 4 aromatic rings. The van der Waals surface area contributed by atoms with E-state index in [-0.39, 0.29) is 6.10 Å². The summed E-state index contributed by atoms with van der Waals surface area (Å²) >= 11 is 0. The van der Waals surface area contributed by atoms with Crippen molar-refractivity contribution in [3.63, 3.8) is 0 Å². The van der Waals surface area contributed by atoms with Gasteiger partial charge in [0.05, 0.1) is 30.8 Å². The monoisotopic (exact) mass is 448 g/mol. The first-order valence-electron chi connectivity index (χ1n) is 11.4. The second-order valence-electron chi connectivity index (χ2n) is 8.53. The number of nitrogens with zero attached hydrogens (tertiary/aromatic N) is 3. The van der Waals surface area contributed by atoms with Crippen LogP contribution in [0.3, 0.4) is 0 Å². The number of halogens is 1. The van der Waals surface area contributed by atoms with Crippen molar-refractivity contribution in [2.75, 3.05) is 26.3 Å². The van der Waals surface area contributed by atoms with Crippen molar-refractivity contribution in [2.45, 2.75) is 31.2 Å². The summed E-state index contributed by atoms with van der Waals surface area (Å²) in [4.78, 5) is 9.45. The number of hydrogen-bond donors (Lipinski definition) is 1. The zero-order valence-corrected chi connectivity index (χ0v) is 18.1. The summed E-state index contributed by atoms with van der Waals surface area (Å²) in [7, 11) is 0. The Hall–Kier alpha value is -3.23. The molecule has 0 aliphatic carbocycles. The van der Waals surface area contributed by atoms with E-state index in [1.807, 2.05) is 53.1 Å². The van der Waals surface area contributed by atoms with E-state index < -0.39 is 12.3 Å². The molecule has 1 N–H and O–H groups in total. The Bertz CT molecular complexity index is 1290. The molecule has 8 heteroatoms. The fraction of sp³-hybridized carbons (Fsp3) is 0.360. The van der Waals surface area contributed by atoms with Gasteiger partial charge in [0, 0.05) is 30.6 Å². The first-order chi connectivity index (χ1) is 16.2. The third kappa shape index (κ3) is 4.00. The van der Waals surface area contributed by atoms with Crippen LogP contribution in [0.5, 0.6) is 11.5 Å². The minimum atomic E-state index is -1.04. The molecule has 0 spiro atoms. The largest absolute Gasteiger partial charge is 0.488 e. The van der Waals surface area contributed by atoms with Crippen molar-refractivity contribution in [1.82, 2.24) is 19.7 Å². The molecule has 2 fully saturated rings. The number of alkyl halides is 1. The highest BCUT2D eigenvalue weighted by atomic mass is 19.1. The molecule has 0 bridgehead atoms. The molecule has 3 atom stereocenters. The number of fused-ring (bicyclic) bond motifs is 2. The zero-order chi connectivity index (χ0) is 22.2. The Balaban J connectivity index is 1.32. The third-order valence-electron chi connectivity index (χ3n) is 6.25. The summed E-state index contributed by atoms with van der Waals surface area (Å²) in [5, 5.41) is 4.01. The van der Waals surface area contributed by atoms with E-state index in [9.17, 15) is 4.39 Å². The Labute approximate surface area is 190 Å². The van der Waals surface area contributed by atoms with Crippen LogP contribution < -0.4 is 14.8 Å². The number of pyridine rings is 2. The number of imidazole rings is 1. The van der Waals surface area contributed by atoms with Gasteiger partial charge in [-0.15, -0.1) is 0 Å². The van der Waals surface area contributed by atoms with Crippen LogP contribution in [-0.4, -0.2) is 59.1 Å². The summed E-state index contributed by atoms with van der Waals surface area (Å²) in [5.74, 6) is 1.38. The summed E-state index contributed by atoms with van der Waals surface area (Å²) in [6, 6.07) is 13.6. The molecule has 3 aromatic heterocycles. The minimum absolute atomic E-state index is 0.0892. The molecule has 5 heterocycles. The fourth-order valence-corrected chi connectivity index (χ4v) is 4.47. The number of aromatic nitrogens is 3. The smallest absolute Gasteiger partial charge is 0.149 e. The van der Waals surface area contributed by atoms with Gasteiger partial charge in [-0.1, -0.05) is 18.2 Å². The maximum absolute atomic E-state index is 14.3. The molecule has 0 radical (unpaired) electrons. The van der Waals surface area contributed by atoms with Crippen molar-refractivity contribution >= 4 is 16.6 Å². The van der Waals surface area contributed by atoms with Crippen molar-refractivity contribution < 1.29 is 18.6 Å². The molecule has 2 aliphatic heterocycles. The first-order valence-corrected chi connectivity index (χ1v) is 11.4. The van der Waals surface area contributed by atoms with E-state index in [4.69, 9.17) is 19.2 Å². The van der Waals surface area contributed by atoms with Crippen LogP contribution in [-0.2, 0) is 4.74 Å². The van der Waals surface area contributed by atoms with Gasteiger partial charge in [-0.3, -0.25) is 4.40 Å². The number of piperidine rings is 1. The second-order valence-corrected chi connectivity index (χ2v) is 8.53. The van der Waals surface area contributed by atoms with E-state index in [1.54, 1.807) is 6.20 Å². The van der Waals surface area contributed by atoms with Crippen LogP contribution in [0, 0.1) is 0 Å². The molecule has 2 aliphatic rings. The van der Waals surface area contributed by atoms with Gasteiger partial charge >= 0.3 is 0 Å². The fourth-order valence-electron chi connectivity index (χ4n) is 4.47. The number of ether oxygens (including phenoxy) is 3. The van der Waals surface area contributed by atoms with E-state index in [0.29, 0.717) is 25.3 Å². The topological polar surface area (TPSA) is 69.9 Å². The van der Waals surface area contributed by atoms with Crippen LogP contribution in [0.2, 0.25) is 0 Å². The molecule has 1 aromatic carbocycles. The maximum Gasteiger partial charge on any atom is 0.149 e. The molecule has 6 rings (SSSR count). The summed E-state index contributed by atoms with van der Waals surface area (Å²) in [5.41, 5.74) is 3.13. The lowest BCUT2D eigenvalue weighted by atomic mass is 10.1. The first kappa shape index (κ1) is 20.4. The Morgan fingerprint density at radius 1 is 1.12 bits per heavy atom. The van der Waals surface area contributed by atoms with E-state index in [0.717, 1.165) is 53.3 Å². The molecule has 0 saturated carbocycles. The minimum Gasteiger partial charge on any atom is -0.488 e. The SMILES string of the molecule is F[C@@H]1CNCC[C@H]1Oc1cccc2ccc(-c3cnc4cc(O[C@@H]5CCOC5)ccn34)nc12. The maximum atomic E-state index is 14.3. The van der Waals surface area contributed by atoms with Crippen molar-refractivity contribution in [3.8, 4) is 22.9 Å². The van der Waals surface area contributed by atoms with Gasteiger partial charge in [0.15, 0.2) is 0 Å². The predicted molar refractivity (Wildman–Crippen MR) is 123 cm³/mol. The molecule has 33 heavy (non-hydrogen) atoms. The van der Waals surface area contributed by atoms with Gasteiger partial charge in [0.1, 0.15) is 41.0 Å². The van der Waals surface area contributed by atoms with E-state index in [2.05, 4.69) is 10.3 Å². The molecule has 7 nitrogen and oxygen atoms in total. The molecule has 170 valence electrons. The number of hydrogen-bond acceptors (Lipinski definition) is 6. The van der Waals surface area contributed by atoms with Crippen LogP contribution in [0.25, 0.3) is 27.9 Å². The lowest BCUT2D eigenvalue weighted by Crippen LogP contribution is -2.44. The van der Waals surface area contributed by atoms with Gasteiger partial charge in [0.25, 0.3) is 0 Å². The normalized spacial score (nSPS) is 23.2. The highest BCUT2D eigenvalue weighted by Gasteiger charge is 2.27. The summed E-state index contributed by atoms with van der Waals surface area (Å²) < 4.78 is 33.8. The van der Waals surface area contributed by atoms with Crippen molar-refractivity contribution in [1.29, 1.82) is 0 Å². The van der Waals surface area contributed by atoms with Gasteiger partial charge < -0.3 is 19.5 Å².